The van der Waals surface area contributed by atoms with E-state index in [9.17, 15) is 0 Å². The predicted octanol–water partition coefficient (Wildman–Crippen LogP) is 2.12. The fraction of sp³-hybridized carbons (Fsp3) is 0.545. The number of aromatic nitrogens is 1. The highest BCUT2D eigenvalue weighted by atomic mass is 35.5. The fourth-order valence-corrected chi connectivity index (χ4v) is 2.45. The normalized spacial score (nSPS) is 17.5. The van der Waals surface area contributed by atoms with Crippen molar-refractivity contribution in [3.63, 3.8) is 0 Å². The number of pyridine rings is 1. The van der Waals surface area contributed by atoms with Crippen LogP contribution in [0.2, 0.25) is 5.02 Å². The molecule has 4 heteroatoms. The van der Waals surface area contributed by atoms with E-state index in [2.05, 4.69) is 4.98 Å². The Bertz CT molecular complexity index is 364. The second kappa shape index (κ2) is 3.99. The fourth-order valence-electron chi connectivity index (χ4n) is 2.11. The highest BCUT2D eigenvalue weighted by Gasteiger charge is 2.47. The van der Waals surface area contributed by atoms with Gasteiger partial charge in [-0.25, -0.2) is 4.98 Å². The third kappa shape index (κ3) is 1.82. The molecular weight excluding hydrogens is 212 g/mol. The summed E-state index contributed by atoms with van der Waals surface area (Å²) in [6.45, 7) is 0.675. The van der Waals surface area contributed by atoms with Crippen LogP contribution in [0.4, 0.5) is 0 Å². The maximum Gasteiger partial charge on any atom is 0.218 e. The first-order chi connectivity index (χ1) is 7.23. The Morgan fingerprint density at radius 2 is 2.33 bits per heavy atom. The standard InChI is InChI=1S/C11H15ClN2O/c1-15-10-9(8(12)2-7-14-10)11(3-4-11)5-6-13/h2,7H,3-6,13H2,1H3. The number of hydrogen-bond acceptors (Lipinski definition) is 3. The molecule has 0 bridgehead atoms. The molecule has 1 aliphatic rings. The van der Waals surface area contributed by atoms with Gasteiger partial charge in [-0.05, 0) is 31.9 Å². The molecule has 0 aromatic carbocycles. The van der Waals surface area contributed by atoms with Gasteiger partial charge >= 0.3 is 0 Å². The van der Waals surface area contributed by atoms with Crippen molar-refractivity contribution in [3.8, 4) is 5.88 Å². The number of methoxy groups -OCH3 is 1. The summed E-state index contributed by atoms with van der Waals surface area (Å²) < 4.78 is 5.26. The Morgan fingerprint density at radius 3 is 2.87 bits per heavy atom. The number of nitrogens with two attached hydrogens (primary N) is 1. The van der Waals surface area contributed by atoms with Crippen LogP contribution in [0, 0.1) is 0 Å². The van der Waals surface area contributed by atoms with Gasteiger partial charge in [0, 0.05) is 17.2 Å². The minimum absolute atomic E-state index is 0.130. The molecule has 0 unspecified atom stereocenters. The average molecular weight is 227 g/mol. The Labute approximate surface area is 94.6 Å². The summed E-state index contributed by atoms with van der Waals surface area (Å²) in [4.78, 5) is 4.20. The van der Waals surface area contributed by atoms with Crippen LogP contribution in [0.1, 0.15) is 24.8 Å². The van der Waals surface area contributed by atoms with Gasteiger partial charge in [-0.1, -0.05) is 11.6 Å². The van der Waals surface area contributed by atoms with Gasteiger partial charge in [-0.3, -0.25) is 0 Å². The molecule has 0 saturated heterocycles. The second-order valence-corrected chi connectivity index (χ2v) is 4.40. The van der Waals surface area contributed by atoms with E-state index in [-0.39, 0.29) is 5.41 Å². The number of hydrogen-bond donors (Lipinski definition) is 1. The zero-order valence-electron chi connectivity index (χ0n) is 8.79. The predicted molar refractivity (Wildman–Crippen MR) is 60.4 cm³/mol. The van der Waals surface area contributed by atoms with Crippen LogP contribution in [0.15, 0.2) is 12.3 Å². The third-order valence-electron chi connectivity index (χ3n) is 3.07. The molecule has 3 nitrogen and oxygen atoms in total. The first-order valence-electron chi connectivity index (χ1n) is 5.12. The Morgan fingerprint density at radius 1 is 1.60 bits per heavy atom. The molecule has 1 fully saturated rings. The number of ether oxygens (including phenoxy) is 1. The van der Waals surface area contributed by atoms with Gasteiger partial charge in [-0.15, -0.1) is 0 Å². The summed E-state index contributed by atoms with van der Waals surface area (Å²) >= 11 is 6.21. The third-order valence-corrected chi connectivity index (χ3v) is 3.38. The molecule has 0 radical (unpaired) electrons. The Hall–Kier alpha value is -0.800. The van der Waals surface area contributed by atoms with Crippen molar-refractivity contribution in [2.75, 3.05) is 13.7 Å². The van der Waals surface area contributed by atoms with Crippen molar-refractivity contribution < 1.29 is 4.74 Å². The lowest BCUT2D eigenvalue weighted by molar-refractivity contribution is 0.385. The highest BCUT2D eigenvalue weighted by Crippen LogP contribution is 2.55. The largest absolute Gasteiger partial charge is 0.481 e. The summed E-state index contributed by atoms with van der Waals surface area (Å²) in [6, 6.07) is 1.82. The molecule has 2 N–H and O–H groups in total. The molecular formula is C11H15ClN2O. The lowest BCUT2D eigenvalue weighted by Crippen LogP contribution is -2.15. The summed E-state index contributed by atoms with van der Waals surface area (Å²) in [5, 5.41) is 0.743. The van der Waals surface area contributed by atoms with E-state index >= 15 is 0 Å². The van der Waals surface area contributed by atoms with Crippen LogP contribution < -0.4 is 10.5 Å². The van der Waals surface area contributed by atoms with Crippen molar-refractivity contribution in [1.82, 2.24) is 4.98 Å². The zero-order chi connectivity index (χ0) is 10.9. The molecule has 1 heterocycles. The van der Waals surface area contributed by atoms with Crippen LogP contribution in [0.3, 0.4) is 0 Å². The van der Waals surface area contributed by atoms with Gasteiger partial charge in [0.2, 0.25) is 5.88 Å². The van der Waals surface area contributed by atoms with Gasteiger partial charge in [-0.2, -0.15) is 0 Å². The van der Waals surface area contributed by atoms with E-state index in [1.54, 1.807) is 13.3 Å². The van der Waals surface area contributed by atoms with Gasteiger partial charge in [0.25, 0.3) is 0 Å². The number of rotatable bonds is 4. The van der Waals surface area contributed by atoms with Crippen LogP contribution in [-0.2, 0) is 5.41 Å². The van der Waals surface area contributed by atoms with Gasteiger partial charge < -0.3 is 10.5 Å². The molecule has 0 amide bonds. The van der Waals surface area contributed by atoms with E-state index in [1.165, 1.54) is 0 Å². The van der Waals surface area contributed by atoms with E-state index < -0.39 is 0 Å². The number of nitrogens with zero attached hydrogens (tertiary/aromatic N) is 1. The maximum atomic E-state index is 6.21. The topological polar surface area (TPSA) is 48.1 Å². The minimum Gasteiger partial charge on any atom is -0.481 e. The van der Waals surface area contributed by atoms with Crippen molar-refractivity contribution in [2.24, 2.45) is 5.73 Å². The lowest BCUT2D eigenvalue weighted by atomic mass is 9.93. The quantitative estimate of drug-likeness (QED) is 0.856. The lowest BCUT2D eigenvalue weighted by Gasteiger charge is -2.18. The Balaban J connectivity index is 2.42. The minimum atomic E-state index is 0.130. The summed E-state index contributed by atoms with van der Waals surface area (Å²) in [5.74, 6) is 0.647. The van der Waals surface area contributed by atoms with Crippen LogP contribution in [-0.4, -0.2) is 18.6 Å². The van der Waals surface area contributed by atoms with E-state index in [0.29, 0.717) is 12.4 Å². The Kier molecular flexibility index (Phi) is 2.85. The number of halogens is 1. The molecule has 1 aromatic rings. The monoisotopic (exact) mass is 226 g/mol. The molecule has 0 spiro atoms. The molecule has 0 atom stereocenters. The molecule has 1 aromatic heterocycles. The second-order valence-electron chi connectivity index (χ2n) is 4.00. The summed E-state index contributed by atoms with van der Waals surface area (Å²) in [5.41, 5.74) is 6.80. The SMILES string of the molecule is COc1nccc(Cl)c1C1(CCN)CC1. The van der Waals surface area contributed by atoms with E-state index in [0.717, 1.165) is 29.8 Å². The van der Waals surface area contributed by atoms with Crippen molar-refractivity contribution in [2.45, 2.75) is 24.7 Å². The summed E-state index contributed by atoms with van der Waals surface area (Å²) in [7, 11) is 1.63. The molecule has 1 saturated carbocycles. The highest BCUT2D eigenvalue weighted by molar-refractivity contribution is 6.31. The molecule has 0 aliphatic heterocycles. The van der Waals surface area contributed by atoms with Gasteiger partial charge in [0.15, 0.2) is 0 Å². The zero-order valence-corrected chi connectivity index (χ0v) is 9.55. The molecule has 15 heavy (non-hydrogen) atoms. The molecule has 2 rings (SSSR count). The van der Waals surface area contributed by atoms with Gasteiger partial charge in [0.1, 0.15) is 0 Å². The van der Waals surface area contributed by atoms with E-state index in [4.69, 9.17) is 22.1 Å². The smallest absolute Gasteiger partial charge is 0.218 e. The average Bonchev–Trinajstić information content (AvgIpc) is 2.98. The van der Waals surface area contributed by atoms with Crippen molar-refractivity contribution >= 4 is 11.6 Å². The molecule has 1 aliphatic carbocycles. The first kappa shape index (κ1) is 10.7. The van der Waals surface area contributed by atoms with Gasteiger partial charge in [0.05, 0.1) is 12.1 Å². The first-order valence-corrected chi connectivity index (χ1v) is 5.50. The van der Waals surface area contributed by atoms with Crippen LogP contribution in [0.25, 0.3) is 0 Å². The van der Waals surface area contributed by atoms with Crippen molar-refractivity contribution in [3.05, 3.63) is 22.8 Å². The van der Waals surface area contributed by atoms with Crippen molar-refractivity contribution in [1.29, 1.82) is 0 Å². The van der Waals surface area contributed by atoms with Crippen LogP contribution in [0.5, 0.6) is 5.88 Å². The summed E-state index contributed by atoms with van der Waals surface area (Å²) in [6.07, 6.45) is 4.88. The molecule has 82 valence electrons. The van der Waals surface area contributed by atoms with Crippen LogP contribution >= 0.6 is 11.6 Å². The maximum absolute atomic E-state index is 6.21. The van der Waals surface area contributed by atoms with E-state index in [1.807, 2.05) is 6.07 Å².